The summed E-state index contributed by atoms with van der Waals surface area (Å²) in [5, 5.41) is 6.18. The third kappa shape index (κ3) is 5.10. The Kier molecular flexibility index (Phi) is 6.27. The maximum atomic E-state index is 12.4. The van der Waals surface area contributed by atoms with E-state index in [4.69, 9.17) is 4.74 Å². The zero-order valence-electron chi connectivity index (χ0n) is 16.5. The quantitative estimate of drug-likeness (QED) is 0.633. The van der Waals surface area contributed by atoms with E-state index < -0.39 is 0 Å². The highest BCUT2D eigenvalue weighted by molar-refractivity contribution is 6.04. The van der Waals surface area contributed by atoms with Gasteiger partial charge in [0.25, 0.3) is 5.91 Å². The average molecular weight is 375 g/mol. The first-order chi connectivity index (χ1) is 13.5. The molecule has 0 saturated heterocycles. The van der Waals surface area contributed by atoms with Gasteiger partial charge in [0.05, 0.1) is 19.0 Å². The lowest BCUT2D eigenvalue weighted by atomic mass is 10.1. The molecule has 5 heteroatoms. The average Bonchev–Trinajstić information content (AvgIpc) is 2.71. The maximum Gasteiger partial charge on any atom is 0.255 e. The summed E-state index contributed by atoms with van der Waals surface area (Å²) < 4.78 is 5.24. The van der Waals surface area contributed by atoms with Crippen LogP contribution in [-0.4, -0.2) is 24.5 Å². The number of methoxy groups -OCH3 is 1. The van der Waals surface area contributed by atoms with Crippen molar-refractivity contribution in [3.05, 3.63) is 83.0 Å². The zero-order valence-corrected chi connectivity index (χ0v) is 16.5. The number of carbonyl (C=O) groups excluding carboxylic acids is 1. The van der Waals surface area contributed by atoms with Crippen LogP contribution >= 0.6 is 0 Å². The summed E-state index contributed by atoms with van der Waals surface area (Å²) in [6.45, 7) is 4.79. The van der Waals surface area contributed by atoms with Crippen LogP contribution in [0.15, 0.2) is 60.8 Å². The van der Waals surface area contributed by atoms with Crippen molar-refractivity contribution in [3.8, 4) is 5.75 Å². The van der Waals surface area contributed by atoms with Crippen molar-refractivity contribution < 1.29 is 9.53 Å². The van der Waals surface area contributed by atoms with Crippen molar-refractivity contribution in [1.82, 2.24) is 4.98 Å². The Morgan fingerprint density at radius 3 is 2.61 bits per heavy atom. The van der Waals surface area contributed by atoms with Crippen molar-refractivity contribution in [1.29, 1.82) is 0 Å². The molecular weight excluding hydrogens is 350 g/mol. The Morgan fingerprint density at radius 1 is 1.04 bits per heavy atom. The number of nitrogens with one attached hydrogen (secondary N) is 2. The van der Waals surface area contributed by atoms with E-state index in [0.717, 1.165) is 30.1 Å². The summed E-state index contributed by atoms with van der Waals surface area (Å²) >= 11 is 0. The number of carbonyl (C=O) groups is 1. The summed E-state index contributed by atoms with van der Waals surface area (Å²) in [6.07, 6.45) is 2.52. The van der Waals surface area contributed by atoms with Gasteiger partial charge in [-0.05, 0) is 73.4 Å². The number of benzene rings is 2. The number of ether oxygens (including phenoxy) is 1. The minimum atomic E-state index is -0.136. The molecule has 28 heavy (non-hydrogen) atoms. The highest BCUT2D eigenvalue weighted by Gasteiger charge is 2.07. The van der Waals surface area contributed by atoms with E-state index in [1.165, 1.54) is 11.1 Å². The highest BCUT2D eigenvalue weighted by Crippen LogP contribution is 2.15. The third-order valence-corrected chi connectivity index (χ3v) is 4.64. The second-order valence-corrected chi connectivity index (χ2v) is 6.71. The molecule has 0 radical (unpaired) electrons. The number of pyridine rings is 1. The van der Waals surface area contributed by atoms with E-state index >= 15 is 0 Å². The van der Waals surface area contributed by atoms with E-state index in [2.05, 4.69) is 21.7 Å². The van der Waals surface area contributed by atoms with E-state index in [9.17, 15) is 4.79 Å². The molecule has 2 aromatic carbocycles. The first-order valence-electron chi connectivity index (χ1n) is 9.26. The second-order valence-electron chi connectivity index (χ2n) is 6.71. The van der Waals surface area contributed by atoms with Gasteiger partial charge in [0.1, 0.15) is 11.6 Å². The van der Waals surface area contributed by atoms with Gasteiger partial charge in [-0.25, -0.2) is 4.98 Å². The van der Waals surface area contributed by atoms with Crippen molar-refractivity contribution in [3.63, 3.8) is 0 Å². The largest absolute Gasteiger partial charge is 0.497 e. The minimum absolute atomic E-state index is 0.136. The molecule has 0 spiro atoms. The Labute approximate surface area is 165 Å². The SMILES string of the molecule is COc1cccc(CCNc2ccc(NC(=O)c3ccc(C)c(C)c3)cn2)c1. The summed E-state index contributed by atoms with van der Waals surface area (Å²) in [5.41, 5.74) is 4.78. The Balaban J connectivity index is 1.52. The lowest BCUT2D eigenvalue weighted by molar-refractivity contribution is 0.102. The molecule has 5 nitrogen and oxygen atoms in total. The fraction of sp³-hybridized carbons (Fsp3) is 0.217. The standard InChI is InChI=1S/C23H25N3O2/c1-16-7-8-19(13-17(16)2)23(27)26-20-9-10-22(25-15-20)24-12-11-18-5-4-6-21(14-18)28-3/h4-10,13-15H,11-12H2,1-3H3,(H,24,25)(H,26,27). The van der Waals surface area contributed by atoms with E-state index in [1.54, 1.807) is 13.3 Å². The Bertz CT molecular complexity index is 952. The first kappa shape index (κ1) is 19.4. The Morgan fingerprint density at radius 2 is 1.89 bits per heavy atom. The summed E-state index contributed by atoms with van der Waals surface area (Å²) in [7, 11) is 1.67. The molecule has 2 N–H and O–H groups in total. The molecule has 0 saturated carbocycles. The molecule has 0 unspecified atom stereocenters. The highest BCUT2D eigenvalue weighted by atomic mass is 16.5. The number of anilines is 2. The number of aryl methyl sites for hydroxylation is 2. The van der Waals surface area contributed by atoms with Gasteiger partial charge >= 0.3 is 0 Å². The molecule has 1 heterocycles. The molecule has 144 valence electrons. The van der Waals surface area contributed by atoms with E-state index in [0.29, 0.717) is 11.3 Å². The number of nitrogens with zero attached hydrogens (tertiary/aromatic N) is 1. The van der Waals surface area contributed by atoms with Gasteiger partial charge in [0.15, 0.2) is 0 Å². The van der Waals surface area contributed by atoms with Crippen molar-refractivity contribution in [2.45, 2.75) is 20.3 Å². The minimum Gasteiger partial charge on any atom is -0.497 e. The van der Waals surface area contributed by atoms with Crippen LogP contribution in [0.2, 0.25) is 0 Å². The molecule has 0 aliphatic carbocycles. The lowest BCUT2D eigenvalue weighted by Crippen LogP contribution is -2.13. The monoisotopic (exact) mass is 375 g/mol. The summed E-state index contributed by atoms with van der Waals surface area (Å²) in [5.74, 6) is 1.50. The van der Waals surface area contributed by atoms with Crippen LogP contribution in [0, 0.1) is 13.8 Å². The van der Waals surface area contributed by atoms with Crippen molar-refractivity contribution >= 4 is 17.4 Å². The van der Waals surface area contributed by atoms with E-state index in [-0.39, 0.29) is 5.91 Å². The molecule has 0 fully saturated rings. The van der Waals surface area contributed by atoms with Gasteiger partial charge < -0.3 is 15.4 Å². The normalized spacial score (nSPS) is 10.4. The maximum absolute atomic E-state index is 12.4. The predicted molar refractivity (Wildman–Crippen MR) is 113 cm³/mol. The molecule has 0 aliphatic rings. The van der Waals surface area contributed by atoms with Crippen LogP contribution in [0.25, 0.3) is 0 Å². The number of rotatable bonds is 7. The topological polar surface area (TPSA) is 63.2 Å². The number of hydrogen-bond donors (Lipinski definition) is 2. The summed E-state index contributed by atoms with van der Waals surface area (Å²) in [6, 6.07) is 17.4. The third-order valence-electron chi connectivity index (χ3n) is 4.64. The number of hydrogen-bond acceptors (Lipinski definition) is 4. The van der Waals surface area contributed by atoms with Gasteiger partial charge in [-0.2, -0.15) is 0 Å². The van der Waals surface area contributed by atoms with Crippen LogP contribution in [-0.2, 0) is 6.42 Å². The van der Waals surface area contributed by atoms with Crippen LogP contribution < -0.4 is 15.4 Å². The van der Waals surface area contributed by atoms with Gasteiger partial charge in [-0.15, -0.1) is 0 Å². The lowest BCUT2D eigenvalue weighted by Gasteiger charge is -2.09. The molecule has 1 amide bonds. The Hall–Kier alpha value is -3.34. The van der Waals surface area contributed by atoms with Crippen LogP contribution in [0.4, 0.5) is 11.5 Å². The van der Waals surface area contributed by atoms with Gasteiger partial charge in [-0.1, -0.05) is 18.2 Å². The van der Waals surface area contributed by atoms with Gasteiger partial charge in [0.2, 0.25) is 0 Å². The molecule has 0 aliphatic heterocycles. The fourth-order valence-electron chi connectivity index (χ4n) is 2.82. The number of amides is 1. The first-order valence-corrected chi connectivity index (χ1v) is 9.26. The predicted octanol–water partition coefficient (Wildman–Crippen LogP) is 4.61. The fourth-order valence-corrected chi connectivity index (χ4v) is 2.82. The number of aromatic nitrogens is 1. The molecule has 1 aromatic heterocycles. The van der Waals surface area contributed by atoms with Crippen molar-refractivity contribution in [2.75, 3.05) is 24.3 Å². The second kappa shape index (κ2) is 9.04. The molecule has 3 aromatic rings. The van der Waals surface area contributed by atoms with Crippen LogP contribution in [0.1, 0.15) is 27.0 Å². The van der Waals surface area contributed by atoms with Crippen molar-refractivity contribution in [2.24, 2.45) is 0 Å². The molecular formula is C23H25N3O2. The van der Waals surface area contributed by atoms with E-state index in [1.807, 2.05) is 62.4 Å². The molecule has 3 rings (SSSR count). The molecule has 0 bridgehead atoms. The molecule has 0 atom stereocenters. The van der Waals surface area contributed by atoms with Gasteiger partial charge in [-0.3, -0.25) is 4.79 Å². The summed E-state index contributed by atoms with van der Waals surface area (Å²) in [4.78, 5) is 16.8. The van der Waals surface area contributed by atoms with Crippen LogP contribution in [0.5, 0.6) is 5.75 Å². The van der Waals surface area contributed by atoms with Gasteiger partial charge in [0, 0.05) is 12.1 Å². The van der Waals surface area contributed by atoms with Crippen LogP contribution in [0.3, 0.4) is 0 Å². The zero-order chi connectivity index (χ0) is 19.9. The smallest absolute Gasteiger partial charge is 0.255 e.